The van der Waals surface area contributed by atoms with E-state index in [2.05, 4.69) is 30.1 Å². The molecule has 1 unspecified atom stereocenters. The highest BCUT2D eigenvalue weighted by molar-refractivity contribution is 5.91. The van der Waals surface area contributed by atoms with Gasteiger partial charge in [0.1, 0.15) is 6.04 Å². The lowest BCUT2D eigenvalue weighted by Crippen LogP contribution is -2.36. The second kappa shape index (κ2) is 7.50. The van der Waals surface area contributed by atoms with Gasteiger partial charge in [0.15, 0.2) is 0 Å². The second-order valence-corrected chi connectivity index (χ2v) is 7.45. The molecule has 3 rings (SSSR count). The van der Waals surface area contributed by atoms with E-state index in [-0.39, 0.29) is 17.9 Å². The summed E-state index contributed by atoms with van der Waals surface area (Å²) in [4.78, 5) is 33.9. The third kappa shape index (κ3) is 3.75. The van der Waals surface area contributed by atoms with Crippen molar-refractivity contribution in [3.63, 3.8) is 0 Å². The first-order valence-corrected chi connectivity index (χ1v) is 9.16. The van der Waals surface area contributed by atoms with Gasteiger partial charge in [0, 0.05) is 36.6 Å². The van der Waals surface area contributed by atoms with Gasteiger partial charge in [-0.3, -0.25) is 9.59 Å². The molecular weight excluding hydrogens is 328 g/mol. The zero-order chi connectivity index (χ0) is 18.8. The highest BCUT2D eigenvalue weighted by Crippen LogP contribution is 2.22. The molecule has 1 atom stereocenters. The van der Waals surface area contributed by atoms with Gasteiger partial charge in [0.25, 0.3) is 0 Å². The first-order valence-electron chi connectivity index (χ1n) is 9.16. The van der Waals surface area contributed by atoms with E-state index in [1.54, 1.807) is 9.80 Å². The van der Waals surface area contributed by atoms with E-state index in [1.807, 2.05) is 32.1 Å². The number of benzene rings is 1. The molecular formula is C20H28N4O2. The lowest BCUT2D eigenvalue weighted by atomic mass is 10.1. The Morgan fingerprint density at radius 1 is 1.35 bits per heavy atom. The van der Waals surface area contributed by atoms with Crippen LogP contribution in [0.25, 0.3) is 10.9 Å². The fraction of sp³-hybridized carbons (Fsp3) is 0.500. The number of carbonyl (C=O) groups is 2. The van der Waals surface area contributed by atoms with E-state index >= 15 is 0 Å². The summed E-state index contributed by atoms with van der Waals surface area (Å²) in [5, 5.41) is 1.17. The molecule has 0 saturated carbocycles. The van der Waals surface area contributed by atoms with Gasteiger partial charge in [0.05, 0.1) is 6.67 Å². The summed E-state index contributed by atoms with van der Waals surface area (Å²) in [6.45, 7) is 5.75. The maximum atomic E-state index is 12.7. The van der Waals surface area contributed by atoms with Gasteiger partial charge in [-0.15, -0.1) is 0 Å². The number of rotatable bonds is 6. The summed E-state index contributed by atoms with van der Waals surface area (Å²) in [5.74, 6) is 0.0856. The summed E-state index contributed by atoms with van der Waals surface area (Å²) in [5.41, 5.74) is 3.47. The lowest BCUT2D eigenvalue weighted by Gasteiger charge is -2.20. The standard InChI is InChI=1S/C20H28N4O2/c1-14-5-7-17-16(12-21-18(17)11-14)6-8-19(25)24-13-23(10-9-22(3)4)20(26)15(24)2/h5,7,11-12,15,21H,6,8-10,13H2,1-4H3. The molecule has 140 valence electrons. The number of aromatic amines is 1. The van der Waals surface area contributed by atoms with Crippen LogP contribution in [-0.4, -0.2) is 71.4 Å². The number of carbonyl (C=O) groups excluding carboxylic acids is 2. The number of hydrogen-bond acceptors (Lipinski definition) is 3. The Bertz CT molecular complexity index is 811. The molecule has 2 amide bonds. The summed E-state index contributed by atoms with van der Waals surface area (Å²) in [6.07, 6.45) is 3.08. The Labute approximate surface area is 154 Å². The van der Waals surface area contributed by atoms with Crippen molar-refractivity contribution < 1.29 is 9.59 Å². The molecule has 1 N–H and O–H groups in total. The van der Waals surface area contributed by atoms with E-state index in [0.717, 1.165) is 17.6 Å². The minimum atomic E-state index is -0.365. The van der Waals surface area contributed by atoms with E-state index < -0.39 is 0 Å². The summed E-state index contributed by atoms with van der Waals surface area (Å²) >= 11 is 0. The number of nitrogens with zero attached hydrogens (tertiary/aromatic N) is 3. The minimum absolute atomic E-state index is 0.0414. The van der Waals surface area contributed by atoms with Crippen molar-refractivity contribution in [2.24, 2.45) is 0 Å². The minimum Gasteiger partial charge on any atom is -0.361 e. The van der Waals surface area contributed by atoms with Gasteiger partial charge in [-0.1, -0.05) is 12.1 Å². The first-order chi connectivity index (χ1) is 12.4. The number of hydrogen-bond donors (Lipinski definition) is 1. The summed E-state index contributed by atoms with van der Waals surface area (Å²) in [6, 6.07) is 5.94. The van der Waals surface area contributed by atoms with E-state index in [1.165, 1.54) is 10.9 Å². The zero-order valence-electron chi connectivity index (χ0n) is 16.1. The fourth-order valence-corrected chi connectivity index (χ4v) is 3.46. The number of likely N-dealkylation sites (N-methyl/N-ethyl adjacent to an activating group) is 1. The van der Waals surface area contributed by atoms with Crippen molar-refractivity contribution in [2.45, 2.75) is 32.7 Å². The normalized spacial score (nSPS) is 17.7. The van der Waals surface area contributed by atoms with Crippen molar-refractivity contribution in [1.82, 2.24) is 19.7 Å². The number of amides is 2. The van der Waals surface area contributed by atoms with Gasteiger partial charge < -0.3 is 19.7 Å². The number of fused-ring (bicyclic) bond motifs is 1. The van der Waals surface area contributed by atoms with Gasteiger partial charge in [-0.25, -0.2) is 0 Å². The quantitative estimate of drug-likeness (QED) is 0.861. The van der Waals surface area contributed by atoms with Crippen LogP contribution in [-0.2, 0) is 16.0 Å². The highest BCUT2D eigenvalue weighted by Gasteiger charge is 2.37. The van der Waals surface area contributed by atoms with Crippen LogP contribution in [0.1, 0.15) is 24.5 Å². The van der Waals surface area contributed by atoms with Crippen LogP contribution in [0.3, 0.4) is 0 Å². The molecule has 1 aromatic heterocycles. The fourth-order valence-electron chi connectivity index (χ4n) is 3.46. The average Bonchev–Trinajstić information content (AvgIpc) is 3.12. The molecule has 1 aliphatic rings. The summed E-state index contributed by atoms with van der Waals surface area (Å²) < 4.78 is 0. The first kappa shape index (κ1) is 18.5. The molecule has 1 aliphatic heterocycles. The van der Waals surface area contributed by atoms with Gasteiger partial charge in [-0.05, 0) is 51.6 Å². The molecule has 2 aromatic rings. The molecule has 1 saturated heterocycles. The number of aromatic nitrogens is 1. The molecule has 1 fully saturated rings. The van der Waals surface area contributed by atoms with Crippen molar-refractivity contribution in [1.29, 1.82) is 0 Å². The van der Waals surface area contributed by atoms with Crippen molar-refractivity contribution in [3.05, 3.63) is 35.5 Å². The molecule has 0 aliphatic carbocycles. The maximum absolute atomic E-state index is 12.7. The topological polar surface area (TPSA) is 59.7 Å². The number of nitrogens with one attached hydrogen (secondary N) is 1. The number of H-pyrrole nitrogens is 1. The monoisotopic (exact) mass is 356 g/mol. The van der Waals surface area contributed by atoms with E-state index in [0.29, 0.717) is 26.1 Å². The molecule has 1 aromatic carbocycles. The molecule has 26 heavy (non-hydrogen) atoms. The number of aryl methyl sites for hydroxylation is 2. The summed E-state index contributed by atoms with van der Waals surface area (Å²) in [7, 11) is 3.96. The molecule has 2 heterocycles. The van der Waals surface area contributed by atoms with Crippen LogP contribution >= 0.6 is 0 Å². The van der Waals surface area contributed by atoms with Gasteiger partial charge in [0.2, 0.25) is 11.8 Å². The predicted molar refractivity (Wildman–Crippen MR) is 103 cm³/mol. The second-order valence-electron chi connectivity index (χ2n) is 7.45. The Morgan fingerprint density at radius 2 is 2.12 bits per heavy atom. The Kier molecular flexibility index (Phi) is 5.32. The Balaban J connectivity index is 1.61. The van der Waals surface area contributed by atoms with Crippen LogP contribution in [0.2, 0.25) is 0 Å². The third-order valence-electron chi connectivity index (χ3n) is 5.13. The SMILES string of the molecule is Cc1ccc2c(CCC(=O)N3CN(CCN(C)C)C(=O)C3C)c[nH]c2c1. The van der Waals surface area contributed by atoms with Crippen LogP contribution in [0, 0.1) is 6.92 Å². The molecule has 6 heteroatoms. The Hall–Kier alpha value is -2.34. The molecule has 0 spiro atoms. The van der Waals surface area contributed by atoms with Crippen molar-refractivity contribution in [2.75, 3.05) is 33.9 Å². The van der Waals surface area contributed by atoms with Gasteiger partial charge in [-0.2, -0.15) is 0 Å². The molecule has 0 radical (unpaired) electrons. The van der Waals surface area contributed by atoms with E-state index in [4.69, 9.17) is 0 Å². The van der Waals surface area contributed by atoms with Gasteiger partial charge >= 0.3 is 0 Å². The molecule has 0 bridgehead atoms. The van der Waals surface area contributed by atoms with Crippen LogP contribution in [0.4, 0.5) is 0 Å². The Morgan fingerprint density at radius 3 is 2.85 bits per heavy atom. The zero-order valence-corrected chi connectivity index (χ0v) is 16.1. The van der Waals surface area contributed by atoms with Crippen LogP contribution in [0.5, 0.6) is 0 Å². The van der Waals surface area contributed by atoms with Crippen LogP contribution in [0.15, 0.2) is 24.4 Å². The van der Waals surface area contributed by atoms with Crippen molar-refractivity contribution in [3.8, 4) is 0 Å². The maximum Gasteiger partial charge on any atom is 0.246 e. The lowest BCUT2D eigenvalue weighted by molar-refractivity contribution is -0.134. The largest absolute Gasteiger partial charge is 0.361 e. The van der Waals surface area contributed by atoms with Crippen molar-refractivity contribution >= 4 is 22.7 Å². The third-order valence-corrected chi connectivity index (χ3v) is 5.13. The smallest absolute Gasteiger partial charge is 0.246 e. The predicted octanol–water partition coefficient (Wildman–Crippen LogP) is 1.99. The van der Waals surface area contributed by atoms with Crippen LogP contribution < -0.4 is 0 Å². The molecule has 6 nitrogen and oxygen atoms in total. The van der Waals surface area contributed by atoms with E-state index in [9.17, 15) is 9.59 Å². The highest BCUT2D eigenvalue weighted by atomic mass is 16.2. The average molecular weight is 356 g/mol.